The first-order valence-electron chi connectivity index (χ1n) is 6.46. The van der Waals surface area contributed by atoms with E-state index >= 15 is 0 Å². The van der Waals surface area contributed by atoms with Gasteiger partial charge in [-0.3, -0.25) is 0 Å². The quantitative estimate of drug-likeness (QED) is 0.718. The van der Waals surface area contributed by atoms with Crippen molar-refractivity contribution in [1.82, 2.24) is 4.90 Å². The van der Waals surface area contributed by atoms with Crippen molar-refractivity contribution in [3.05, 3.63) is 48.0 Å². The lowest BCUT2D eigenvalue weighted by atomic mass is 9.90. The zero-order valence-corrected chi connectivity index (χ0v) is 10.2. The van der Waals surface area contributed by atoms with Gasteiger partial charge in [-0.1, -0.05) is 42.5 Å². The predicted molar refractivity (Wildman–Crippen MR) is 71.2 cm³/mol. The van der Waals surface area contributed by atoms with Crippen LogP contribution in [0, 0.1) is 5.92 Å². The molecule has 4 rings (SSSR count). The summed E-state index contributed by atoms with van der Waals surface area (Å²) in [4.78, 5) is 2.48. The van der Waals surface area contributed by atoms with E-state index in [-0.39, 0.29) is 0 Å². The van der Waals surface area contributed by atoms with Gasteiger partial charge in [0.25, 0.3) is 0 Å². The summed E-state index contributed by atoms with van der Waals surface area (Å²) in [6, 6.07) is 15.6. The van der Waals surface area contributed by atoms with Gasteiger partial charge < -0.3 is 4.90 Å². The molecule has 1 aliphatic carbocycles. The Hall–Kier alpha value is -1.34. The van der Waals surface area contributed by atoms with Gasteiger partial charge >= 0.3 is 0 Å². The maximum Gasteiger partial charge on any atom is 0.0130 e. The summed E-state index contributed by atoms with van der Waals surface area (Å²) in [6.45, 7) is 2.52. The van der Waals surface area contributed by atoms with E-state index < -0.39 is 0 Å². The lowest BCUT2D eigenvalue weighted by Crippen LogP contribution is -2.22. The third kappa shape index (κ3) is 1.23. The van der Waals surface area contributed by atoms with Crippen LogP contribution in [0.5, 0.6) is 0 Å². The first-order valence-corrected chi connectivity index (χ1v) is 6.46. The highest BCUT2D eigenvalue weighted by atomic mass is 15.2. The number of likely N-dealkylation sites (N-methyl/N-ethyl adjacent to an activating group) is 1. The fourth-order valence-electron chi connectivity index (χ4n) is 3.81. The standard InChI is InChI=1S/C16H17N/c1-17-10-13-9-16(13,11-17)15-8-4-6-12-5-2-3-7-14(12)15/h2-8,13H,9-11H2,1H3/t13-,16-/m0/s1. The molecule has 0 amide bonds. The third-order valence-electron chi connectivity index (χ3n) is 4.64. The molecule has 0 aromatic heterocycles. The molecule has 0 bridgehead atoms. The second-order valence-electron chi connectivity index (χ2n) is 5.78. The number of piperidine rings is 1. The maximum absolute atomic E-state index is 2.48. The number of nitrogens with zero attached hydrogens (tertiary/aromatic N) is 1. The molecule has 0 N–H and O–H groups in total. The fraction of sp³-hybridized carbons (Fsp3) is 0.375. The summed E-state index contributed by atoms with van der Waals surface area (Å²) in [7, 11) is 2.25. The molecule has 17 heavy (non-hydrogen) atoms. The van der Waals surface area contributed by atoms with Crippen molar-refractivity contribution in [2.75, 3.05) is 20.1 Å². The SMILES string of the molecule is CN1C[C@@H]2C[C@]2(c2cccc3ccccc23)C1. The molecule has 2 fully saturated rings. The Bertz CT molecular complexity index is 584. The van der Waals surface area contributed by atoms with E-state index in [0.717, 1.165) is 5.92 Å². The van der Waals surface area contributed by atoms with Gasteiger partial charge in [0.2, 0.25) is 0 Å². The van der Waals surface area contributed by atoms with Crippen LogP contribution in [0.2, 0.25) is 0 Å². The summed E-state index contributed by atoms with van der Waals surface area (Å²) in [5.41, 5.74) is 2.07. The Morgan fingerprint density at radius 3 is 2.76 bits per heavy atom. The largest absolute Gasteiger partial charge is 0.305 e. The summed E-state index contributed by atoms with van der Waals surface area (Å²) in [5, 5.41) is 2.85. The molecule has 1 aliphatic heterocycles. The minimum atomic E-state index is 0.482. The van der Waals surface area contributed by atoms with E-state index in [2.05, 4.69) is 54.4 Å². The maximum atomic E-state index is 2.48. The molecule has 0 radical (unpaired) electrons. The van der Waals surface area contributed by atoms with Gasteiger partial charge in [-0.05, 0) is 35.7 Å². The highest BCUT2D eigenvalue weighted by Gasteiger charge is 2.60. The molecule has 0 spiro atoms. The Morgan fingerprint density at radius 2 is 1.94 bits per heavy atom. The van der Waals surface area contributed by atoms with Crippen LogP contribution < -0.4 is 0 Å². The van der Waals surface area contributed by atoms with E-state index in [1.54, 1.807) is 5.56 Å². The average molecular weight is 223 g/mol. The number of likely N-dealkylation sites (tertiary alicyclic amines) is 1. The molecular weight excluding hydrogens is 206 g/mol. The van der Waals surface area contributed by atoms with Gasteiger partial charge in [-0.2, -0.15) is 0 Å². The molecule has 1 nitrogen and oxygen atoms in total. The number of rotatable bonds is 1. The third-order valence-corrected chi connectivity index (χ3v) is 4.64. The van der Waals surface area contributed by atoms with Crippen molar-refractivity contribution < 1.29 is 0 Å². The monoisotopic (exact) mass is 223 g/mol. The smallest absolute Gasteiger partial charge is 0.0130 e. The molecule has 1 saturated heterocycles. The van der Waals surface area contributed by atoms with E-state index in [0.29, 0.717) is 5.41 Å². The second kappa shape index (κ2) is 3.11. The van der Waals surface area contributed by atoms with Crippen LogP contribution in [0.3, 0.4) is 0 Å². The van der Waals surface area contributed by atoms with Gasteiger partial charge in [-0.15, -0.1) is 0 Å². The Labute approximate surface area is 102 Å². The second-order valence-corrected chi connectivity index (χ2v) is 5.78. The van der Waals surface area contributed by atoms with Crippen LogP contribution in [0.15, 0.2) is 42.5 Å². The highest BCUT2D eigenvalue weighted by molar-refractivity contribution is 5.87. The lowest BCUT2D eigenvalue weighted by Gasteiger charge is -2.18. The summed E-state index contributed by atoms with van der Waals surface area (Å²) < 4.78 is 0. The highest BCUT2D eigenvalue weighted by Crippen LogP contribution is 2.59. The van der Waals surface area contributed by atoms with Crippen LogP contribution in [0.1, 0.15) is 12.0 Å². The van der Waals surface area contributed by atoms with Crippen LogP contribution in [0.25, 0.3) is 10.8 Å². The topological polar surface area (TPSA) is 3.24 Å². The molecule has 86 valence electrons. The molecule has 2 aromatic rings. The van der Waals surface area contributed by atoms with Crippen LogP contribution in [-0.4, -0.2) is 25.0 Å². The molecule has 1 heterocycles. The van der Waals surface area contributed by atoms with E-state index in [9.17, 15) is 0 Å². The predicted octanol–water partition coefficient (Wildman–Crippen LogP) is 3.04. The van der Waals surface area contributed by atoms with E-state index in [1.165, 1.54) is 30.3 Å². The molecule has 2 aliphatic rings. The van der Waals surface area contributed by atoms with Crippen molar-refractivity contribution >= 4 is 10.8 Å². The van der Waals surface area contributed by atoms with Crippen molar-refractivity contribution in [2.24, 2.45) is 5.92 Å². The number of hydrogen-bond acceptors (Lipinski definition) is 1. The summed E-state index contributed by atoms with van der Waals surface area (Å²) in [5.74, 6) is 0.901. The van der Waals surface area contributed by atoms with Crippen LogP contribution >= 0.6 is 0 Å². The van der Waals surface area contributed by atoms with Crippen molar-refractivity contribution in [3.63, 3.8) is 0 Å². The molecular formula is C16H17N. The molecule has 0 unspecified atom stereocenters. The Balaban J connectivity index is 1.92. The zero-order chi connectivity index (χ0) is 11.5. The average Bonchev–Trinajstić information content (AvgIpc) is 2.92. The molecule has 1 heteroatoms. The van der Waals surface area contributed by atoms with Crippen molar-refractivity contribution in [1.29, 1.82) is 0 Å². The Morgan fingerprint density at radius 1 is 1.12 bits per heavy atom. The summed E-state index contributed by atoms with van der Waals surface area (Å²) in [6.07, 6.45) is 1.39. The zero-order valence-electron chi connectivity index (χ0n) is 10.2. The summed E-state index contributed by atoms with van der Waals surface area (Å²) >= 11 is 0. The van der Waals surface area contributed by atoms with E-state index in [4.69, 9.17) is 0 Å². The van der Waals surface area contributed by atoms with Crippen molar-refractivity contribution in [3.8, 4) is 0 Å². The van der Waals surface area contributed by atoms with Crippen LogP contribution in [-0.2, 0) is 5.41 Å². The molecule has 2 aromatic carbocycles. The lowest BCUT2D eigenvalue weighted by molar-refractivity contribution is 0.364. The van der Waals surface area contributed by atoms with Crippen molar-refractivity contribution in [2.45, 2.75) is 11.8 Å². The first kappa shape index (κ1) is 9.67. The normalized spacial score (nSPS) is 31.7. The van der Waals surface area contributed by atoms with E-state index in [1.807, 2.05) is 0 Å². The van der Waals surface area contributed by atoms with Gasteiger partial charge in [-0.25, -0.2) is 0 Å². The van der Waals surface area contributed by atoms with Gasteiger partial charge in [0.1, 0.15) is 0 Å². The van der Waals surface area contributed by atoms with Gasteiger partial charge in [0.15, 0.2) is 0 Å². The van der Waals surface area contributed by atoms with Crippen LogP contribution in [0.4, 0.5) is 0 Å². The minimum absolute atomic E-state index is 0.482. The molecule has 1 saturated carbocycles. The number of fused-ring (bicyclic) bond motifs is 2. The number of benzene rings is 2. The Kier molecular flexibility index (Phi) is 1.77. The first-order chi connectivity index (χ1) is 8.29. The van der Waals surface area contributed by atoms with Gasteiger partial charge in [0, 0.05) is 18.5 Å². The minimum Gasteiger partial charge on any atom is -0.305 e. The number of hydrogen-bond donors (Lipinski definition) is 0. The fourth-order valence-corrected chi connectivity index (χ4v) is 3.81. The van der Waals surface area contributed by atoms with Gasteiger partial charge in [0.05, 0.1) is 0 Å². The molecule has 2 atom stereocenters.